The lowest BCUT2D eigenvalue weighted by molar-refractivity contribution is -0.137. The molecule has 0 saturated carbocycles. The molecule has 1 aliphatic heterocycles. The number of alkyl halides is 3. The Bertz CT molecular complexity index is 830. The third kappa shape index (κ3) is 3.79. The Kier molecular flexibility index (Phi) is 5.17. The topological polar surface area (TPSA) is 47.4 Å². The quantitative estimate of drug-likeness (QED) is 0.799. The molecule has 8 heteroatoms. The van der Waals surface area contributed by atoms with E-state index in [2.05, 4.69) is 18.9 Å². The van der Waals surface area contributed by atoms with E-state index >= 15 is 0 Å². The van der Waals surface area contributed by atoms with E-state index in [0.717, 1.165) is 25.0 Å². The Labute approximate surface area is 155 Å². The first kappa shape index (κ1) is 19.3. The van der Waals surface area contributed by atoms with E-state index in [1.165, 1.54) is 30.1 Å². The maximum atomic E-state index is 13.0. The third-order valence-electron chi connectivity index (χ3n) is 4.87. The minimum atomic E-state index is -4.45. The number of nitrogens with zero attached hydrogens (tertiary/aromatic N) is 3. The minimum Gasteiger partial charge on any atom is -0.493 e. The summed E-state index contributed by atoms with van der Waals surface area (Å²) in [6.45, 7) is 4.77. The van der Waals surface area contributed by atoms with Crippen LogP contribution in [0.15, 0.2) is 30.5 Å². The molecule has 146 valence electrons. The van der Waals surface area contributed by atoms with Gasteiger partial charge in [0.2, 0.25) is 0 Å². The smallest absolute Gasteiger partial charge is 0.416 e. The van der Waals surface area contributed by atoms with Crippen LogP contribution in [0.3, 0.4) is 0 Å². The molecule has 27 heavy (non-hydrogen) atoms. The van der Waals surface area contributed by atoms with Crippen LogP contribution < -0.4 is 4.74 Å². The van der Waals surface area contributed by atoms with Gasteiger partial charge in [-0.05, 0) is 37.0 Å². The van der Waals surface area contributed by atoms with Crippen molar-refractivity contribution in [3.63, 3.8) is 0 Å². The second-order valence-corrected chi connectivity index (χ2v) is 6.99. The first-order chi connectivity index (χ1) is 12.7. The van der Waals surface area contributed by atoms with Crippen LogP contribution in [-0.2, 0) is 6.18 Å². The zero-order valence-corrected chi connectivity index (χ0v) is 15.5. The van der Waals surface area contributed by atoms with Gasteiger partial charge in [-0.25, -0.2) is 4.68 Å². The van der Waals surface area contributed by atoms with E-state index in [9.17, 15) is 18.0 Å². The number of amides is 1. The fourth-order valence-corrected chi connectivity index (χ4v) is 3.49. The number of carbonyl (C=O) groups excluding carboxylic acids is 1. The SMILES string of the molecule is COc1cn(-c2cccc(C(F)(F)F)c2)nc1C(=O)N1CCC[C@@H]1C(C)C. The number of ether oxygens (including phenoxy) is 1. The second-order valence-electron chi connectivity index (χ2n) is 6.99. The molecule has 5 nitrogen and oxygen atoms in total. The van der Waals surface area contributed by atoms with Gasteiger partial charge in [0, 0.05) is 12.6 Å². The molecule has 0 spiro atoms. The fraction of sp³-hybridized carbons (Fsp3) is 0.474. The fourth-order valence-electron chi connectivity index (χ4n) is 3.49. The molecular weight excluding hydrogens is 359 g/mol. The van der Waals surface area contributed by atoms with Crippen LogP contribution in [0.5, 0.6) is 5.75 Å². The number of carbonyl (C=O) groups is 1. The summed E-state index contributed by atoms with van der Waals surface area (Å²) in [6.07, 6.45) is -1.17. The number of likely N-dealkylation sites (tertiary alicyclic amines) is 1. The van der Waals surface area contributed by atoms with Crippen LogP contribution in [0.1, 0.15) is 42.7 Å². The molecular formula is C19H22F3N3O2. The lowest BCUT2D eigenvalue weighted by Crippen LogP contribution is -2.38. The summed E-state index contributed by atoms with van der Waals surface area (Å²) >= 11 is 0. The first-order valence-corrected chi connectivity index (χ1v) is 8.84. The maximum Gasteiger partial charge on any atom is 0.416 e. The Balaban J connectivity index is 1.96. The van der Waals surface area contributed by atoms with Crippen molar-refractivity contribution < 1.29 is 22.7 Å². The Hall–Kier alpha value is -2.51. The molecule has 0 aliphatic carbocycles. The van der Waals surface area contributed by atoms with Gasteiger partial charge >= 0.3 is 6.18 Å². The van der Waals surface area contributed by atoms with Crippen molar-refractivity contribution in [1.82, 2.24) is 14.7 Å². The monoisotopic (exact) mass is 381 g/mol. The van der Waals surface area contributed by atoms with Crippen molar-refractivity contribution in [2.45, 2.75) is 38.9 Å². The summed E-state index contributed by atoms with van der Waals surface area (Å²) in [5, 5.41) is 4.25. The largest absolute Gasteiger partial charge is 0.493 e. The van der Waals surface area contributed by atoms with Gasteiger partial charge in [-0.2, -0.15) is 18.3 Å². The molecule has 1 saturated heterocycles. The molecule has 1 aromatic heterocycles. The molecule has 0 N–H and O–H groups in total. The zero-order chi connectivity index (χ0) is 19.8. The Morgan fingerprint density at radius 1 is 1.33 bits per heavy atom. The predicted molar refractivity (Wildman–Crippen MR) is 94.0 cm³/mol. The standard InChI is InChI=1S/C19H22F3N3O2/c1-12(2)15-8-5-9-24(15)18(26)17-16(27-3)11-25(23-17)14-7-4-6-13(10-14)19(20,21)22/h4,6-7,10-12,15H,5,8-9H2,1-3H3/t15-/m1/s1. The second kappa shape index (κ2) is 7.25. The average Bonchev–Trinajstić information content (AvgIpc) is 3.27. The predicted octanol–water partition coefficient (Wildman–Crippen LogP) is 4.16. The highest BCUT2D eigenvalue weighted by atomic mass is 19.4. The van der Waals surface area contributed by atoms with Crippen molar-refractivity contribution in [1.29, 1.82) is 0 Å². The molecule has 1 aromatic carbocycles. The molecule has 1 fully saturated rings. The van der Waals surface area contributed by atoms with Crippen LogP contribution in [0.2, 0.25) is 0 Å². The van der Waals surface area contributed by atoms with E-state index in [1.807, 2.05) is 0 Å². The minimum absolute atomic E-state index is 0.113. The Morgan fingerprint density at radius 3 is 2.70 bits per heavy atom. The molecule has 1 aliphatic rings. The van der Waals surface area contributed by atoms with Crippen molar-refractivity contribution in [2.75, 3.05) is 13.7 Å². The number of benzene rings is 1. The highest BCUT2D eigenvalue weighted by Gasteiger charge is 2.34. The number of halogens is 3. The third-order valence-corrected chi connectivity index (χ3v) is 4.87. The molecule has 2 aromatic rings. The Morgan fingerprint density at radius 2 is 2.07 bits per heavy atom. The van der Waals surface area contributed by atoms with Crippen LogP contribution in [0.4, 0.5) is 13.2 Å². The zero-order valence-electron chi connectivity index (χ0n) is 15.5. The number of methoxy groups -OCH3 is 1. The molecule has 0 bridgehead atoms. The number of aromatic nitrogens is 2. The summed E-state index contributed by atoms with van der Waals surface area (Å²) in [4.78, 5) is 14.8. The van der Waals surface area contributed by atoms with Gasteiger partial charge in [0.05, 0.1) is 24.6 Å². The molecule has 3 rings (SSSR count). The van der Waals surface area contributed by atoms with Gasteiger partial charge in [-0.15, -0.1) is 0 Å². The van der Waals surface area contributed by atoms with Gasteiger partial charge < -0.3 is 9.64 Å². The van der Waals surface area contributed by atoms with Gasteiger partial charge in [0.25, 0.3) is 5.91 Å². The average molecular weight is 381 g/mol. The van der Waals surface area contributed by atoms with Crippen LogP contribution in [-0.4, -0.2) is 40.3 Å². The lowest BCUT2D eigenvalue weighted by atomic mass is 10.0. The summed E-state index contributed by atoms with van der Waals surface area (Å²) in [5.74, 6) is 0.300. The highest BCUT2D eigenvalue weighted by Crippen LogP contribution is 2.32. The molecule has 0 radical (unpaired) electrons. The highest BCUT2D eigenvalue weighted by molar-refractivity contribution is 5.95. The van der Waals surface area contributed by atoms with Crippen LogP contribution in [0, 0.1) is 5.92 Å². The summed E-state index contributed by atoms with van der Waals surface area (Å²) in [6, 6.07) is 4.92. The first-order valence-electron chi connectivity index (χ1n) is 8.84. The van der Waals surface area contributed by atoms with Crippen molar-refractivity contribution in [3.8, 4) is 11.4 Å². The molecule has 2 heterocycles. The normalized spacial score (nSPS) is 17.6. The van der Waals surface area contributed by atoms with E-state index in [4.69, 9.17) is 4.74 Å². The van der Waals surface area contributed by atoms with E-state index in [-0.39, 0.29) is 29.1 Å². The molecule has 1 amide bonds. The van der Waals surface area contributed by atoms with Crippen molar-refractivity contribution in [2.24, 2.45) is 5.92 Å². The van der Waals surface area contributed by atoms with E-state index in [0.29, 0.717) is 12.5 Å². The van der Waals surface area contributed by atoms with Crippen LogP contribution in [0.25, 0.3) is 5.69 Å². The van der Waals surface area contributed by atoms with Crippen LogP contribution >= 0.6 is 0 Å². The lowest BCUT2D eigenvalue weighted by Gasteiger charge is -2.27. The van der Waals surface area contributed by atoms with Gasteiger partial charge in [0.15, 0.2) is 11.4 Å². The number of hydrogen-bond donors (Lipinski definition) is 0. The summed E-state index contributed by atoms with van der Waals surface area (Å²) < 4.78 is 45.4. The molecule has 1 atom stereocenters. The van der Waals surface area contributed by atoms with Crippen molar-refractivity contribution >= 4 is 5.91 Å². The van der Waals surface area contributed by atoms with Crippen molar-refractivity contribution in [3.05, 3.63) is 41.7 Å². The van der Waals surface area contributed by atoms with E-state index < -0.39 is 11.7 Å². The van der Waals surface area contributed by atoms with E-state index in [1.54, 1.807) is 4.90 Å². The summed E-state index contributed by atoms with van der Waals surface area (Å²) in [5.41, 5.74) is -0.451. The van der Waals surface area contributed by atoms with Gasteiger partial charge in [0.1, 0.15) is 0 Å². The summed E-state index contributed by atoms with van der Waals surface area (Å²) in [7, 11) is 1.41. The van der Waals surface area contributed by atoms with Gasteiger partial charge in [-0.1, -0.05) is 19.9 Å². The van der Waals surface area contributed by atoms with Gasteiger partial charge in [-0.3, -0.25) is 4.79 Å². The number of hydrogen-bond acceptors (Lipinski definition) is 3. The number of rotatable bonds is 4. The molecule has 0 unspecified atom stereocenters. The maximum absolute atomic E-state index is 13.0.